The molecule has 3 aliphatic carbocycles. The number of aryl methyl sites for hydroxylation is 4. The first kappa shape index (κ1) is 35.2. The van der Waals surface area contributed by atoms with Crippen molar-refractivity contribution in [2.45, 2.75) is 117 Å². The summed E-state index contributed by atoms with van der Waals surface area (Å²) >= 11 is 0. The summed E-state index contributed by atoms with van der Waals surface area (Å²) in [5.41, 5.74) is 7.76. The first-order chi connectivity index (χ1) is 24.3. The predicted molar refractivity (Wildman–Crippen MR) is 208 cm³/mol. The van der Waals surface area contributed by atoms with Crippen molar-refractivity contribution < 1.29 is 11.0 Å². The van der Waals surface area contributed by atoms with Gasteiger partial charge in [-0.3, -0.25) is 4.79 Å². The summed E-state index contributed by atoms with van der Waals surface area (Å²) in [5, 5.41) is 0. The molecule has 0 aliphatic heterocycles. The molecule has 7 nitrogen and oxygen atoms in total. The van der Waals surface area contributed by atoms with Gasteiger partial charge in [-0.2, -0.15) is 4.98 Å². The quantitative estimate of drug-likeness (QED) is 0.156. The fourth-order valence-electron chi connectivity index (χ4n) is 8.59. The number of hydrogen-bond acceptors (Lipinski definition) is 6. The average molecular weight is 688 g/mol. The van der Waals surface area contributed by atoms with Crippen molar-refractivity contribution in [2.75, 3.05) is 18.6 Å². The minimum absolute atomic E-state index is 0. The van der Waals surface area contributed by atoms with Gasteiger partial charge in [0, 0.05) is 49.4 Å². The summed E-state index contributed by atoms with van der Waals surface area (Å²) in [6.45, 7) is 15.3. The van der Waals surface area contributed by atoms with Gasteiger partial charge in [0.2, 0.25) is 5.88 Å². The number of benzene rings is 2. The molecule has 0 N–H and O–H groups in total. The topological polar surface area (TPSA) is 71.5 Å². The van der Waals surface area contributed by atoms with E-state index in [9.17, 15) is 4.79 Å². The van der Waals surface area contributed by atoms with Gasteiger partial charge in [-0.1, -0.05) is 62.7 Å². The number of rotatable bonds is 11. The zero-order chi connectivity index (χ0) is 36.1. The number of ether oxygens (including phenoxy) is 1. The van der Waals surface area contributed by atoms with Crippen LogP contribution in [0.5, 0.6) is 5.88 Å². The summed E-state index contributed by atoms with van der Waals surface area (Å²) in [7, 11) is 2.20. The van der Waals surface area contributed by atoms with Crippen molar-refractivity contribution in [1.29, 1.82) is 0 Å². The van der Waals surface area contributed by atoms with Gasteiger partial charge in [0.05, 0.1) is 11.7 Å². The number of nitrogens with zero attached hydrogens (tertiary/aromatic N) is 5. The molecule has 51 heavy (non-hydrogen) atoms. The Labute approximate surface area is 306 Å². The third kappa shape index (κ3) is 7.54. The highest BCUT2D eigenvalue weighted by molar-refractivity contribution is 5.95. The third-order valence-corrected chi connectivity index (χ3v) is 11.7. The second-order valence-electron chi connectivity index (χ2n) is 17.1. The van der Waals surface area contributed by atoms with E-state index < -0.39 is 0 Å². The molecule has 2 unspecified atom stereocenters. The van der Waals surface area contributed by atoms with E-state index in [4.69, 9.17) is 19.7 Å². The Morgan fingerprint density at radius 2 is 1.63 bits per heavy atom. The lowest BCUT2D eigenvalue weighted by Crippen LogP contribution is -2.56. The van der Waals surface area contributed by atoms with E-state index in [1.54, 1.807) is 0 Å². The van der Waals surface area contributed by atoms with Crippen LogP contribution in [-0.2, 0) is 0 Å². The third-order valence-electron chi connectivity index (χ3n) is 11.7. The normalized spacial score (nSPS) is 19.9. The van der Waals surface area contributed by atoms with E-state index in [2.05, 4.69) is 87.9 Å². The number of pyridine rings is 1. The number of carbonyl (C=O) groups excluding carboxylic acids is 1. The van der Waals surface area contributed by atoms with Crippen LogP contribution in [0.25, 0.3) is 11.3 Å². The monoisotopic (exact) mass is 687 g/mol. The Hall–Kier alpha value is -4.26. The van der Waals surface area contributed by atoms with Crippen LogP contribution >= 0.6 is 0 Å². The minimum Gasteiger partial charge on any atom is -0.475 e. The number of carbonyl (C=O) groups is 1. The van der Waals surface area contributed by atoms with Gasteiger partial charge >= 0.3 is 0 Å². The molecule has 7 rings (SSSR count). The van der Waals surface area contributed by atoms with Gasteiger partial charge in [0.25, 0.3) is 5.91 Å². The van der Waals surface area contributed by atoms with Crippen LogP contribution < -0.4 is 9.64 Å². The lowest BCUT2D eigenvalue weighted by atomic mass is 9.74. The molecular formula is C44H57N5O2. The van der Waals surface area contributed by atoms with Crippen LogP contribution in [0.1, 0.15) is 112 Å². The molecule has 3 saturated carbocycles. The maximum Gasteiger partial charge on any atom is 0.254 e. The lowest BCUT2D eigenvalue weighted by Gasteiger charge is -2.48. The first-order valence-corrected chi connectivity index (χ1v) is 18.9. The smallest absolute Gasteiger partial charge is 0.254 e. The van der Waals surface area contributed by atoms with Gasteiger partial charge in [-0.05, 0) is 119 Å². The molecule has 0 saturated heterocycles. The van der Waals surface area contributed by atoms with Crippen molar-refractivity contribution in [2.24, 2.45) is 10.8 Å². The zero-order valence-corrected chi connectivity index (χ0v) is 31.9. The molecule has 1 spiro atoms. The lowest BCUT2D eigenvalue weighted by molar-refractivity contribution is 0.0162. The molecule has 3 aliphatic rings. The highest BCUT2D eigenvalue weighted by Crippen LogP contribution is 2.62. The summed E-state index contributed by atoms with van der Waals surface area (Å²) in [6, 6.07) is 23.1. The standard InChI is InChI=1S/C44H55N5O2.H2/c1-28-12-9-15-32(22-28)42(50)49(38-19-18-35(38)36-16-11-17-39(47-36)48(8)33-25-44(26-33)20-21-44)34(24-43(5,6)7)27-51-40-23-37(45-31(4)46-40)41-29(2)13-10-14-30(41)3;/h9-17,22-23,33-35,38H,18-21,24-27H2,1-8H3;1H/t34-,35?,38?;/m1./s1. The molecule has 2 aromatic heterocycles. The van der Waals surface area contributed by atoms with E-state index in [0.29, 0.717) is 29.8 Å². The van der Waals surface area contributed by atoms with Crippen LogP contribution in [0, 0.1) is 38.5 Å². The Morgan fingerprint density at radius 3 is 2.27 bits per heavy atom. The molecule has 2 aromatic carbocycles. The van der Waals surface area contributed by atoms with Crippen LogP contribution in [0.15, 0.2) is 66.7 Å². The first-order valence-electron chi connectivity index (χ1n) is 18.9. The molecule has 2 heterocycles. The van der Waals surface area contributed by atoms with E-state index in [0.717, 1.165) is 53.2 Å². The fraction of sp³-hybridized carbons (Fsp3) is 0.500. The molecule has 1 amide bonds. The average Bonchev–Trinajstić information content (AvgIpc) is 3.85. The van der Waals surface area contributed by atoms with Gasteiger partial charge in [0.15, 0.2) is 0 Å². The van der Waals surface area contributed by atoms with Gasteiger partial charge in [-0.25, -0.2) is 9.97 Å². The molecule has 3 fully saturated rings. The van der Waals surface area contributed by atoms with Crippen molar-refractivity contribution >= 4 is 11.7 Å². The van der Waals surface area contributed by atoms with E-state index in [1.165, 1.54) is 36.8 Å². The number of amides is 1. The minimum atomic E-state index is -0.180. The number of hydrogen-bond donors (Lipinski definition) is 0. The van der Waals surface area contributed by atoms with E-state index >= 15 is 0 Å². The molecule has 0 bridgehead atoms. The fourth-order valence-corrected chi connectivity index (χ4v) is 8.59. The highest BCUT2D eigenvalue weighted by atomic mass is 16.5. The van der Waals surface area contributed by atoms with Crippen LogP contribution in [0.4, 0.5) is 5.82 Å². The van der Waals surface area contributed by atoms with Crippen LogP contribution in [-0.4, -0.2) is 57.5 Å². The number of anilines is 1. The maximum absolute atomic E-state index is 14.8. The Morgan fingerprint density at radius 1 is 0.922 bits per heavy atom. The second-order valence-corrected chi connectivity index (χ2v) is 17.1. The van der Waals surface area contributed by atoms with Crippen molar-refractivity contribution in [3.8, 4) is 17.1 Å². The van der Waals surface area contributed by atoms with Crippen LogP contribution in [0.2, 0.25) is 0 Å². The molecular weight excluding hydrogens is 631 g/mol. The van der Waals surface area contributed by atoms with Crippen molar-refractivity contribution in [3.63, 3.8) is 0 Å². The molecule has 270 valence electrons. The number of aromatic nitrogens is 3. The Balaban J connectivity index is 0.00000464. The van der Waals surface area contributed by atoms with Gasteiger partial charge in [0.1, 0.15) is 18.2 Å². The second kappa shape index (κ2) is 13.7. The maximum atomic E-state index is 14.8. The van der Waals surface area contributed by atoms with E-state index in [-0.39, 0.29) is 30.8 Å². The zero-order valence-electron chi connectivity index (χ0n) is 31.9. The van der Waals surface area contributed by atoms with Crippen molar-refractivity contribution in [3.05, 3.63) is 101 Å². The van der Waals surface area contributed by atoms with Crippen molar-refractivity contribution in [1.82, 2.24) is 19.9 Å². The van der Waals surface area contributed by atoms with Crippen LogP contribution in [0.3, 0.4) is 0 Å². The summed E-state index contributed by atoms with van der Waals surface area (Å²) in [6.07, 6.45) is 8.06. The predicted octanol–water partition coefficient (Wildman–Crippen LogP) is 9.67. The van der Waals surface area contributed by atoms with E-state index in [1.807, 2.05) is 44.2 Å². The van der Waals surface area contributed by atoms with Gasteiger partial charge < -0.3 is 14.5 Å². The highest BCUT2D eigenvalue weighted by Gasteiger charge is 2.54. The molecule has 4 aromatic rings. The summed E-state index contributed by atoms with van der Waals surface area (Å²) in [5.74, 6) is 2.45. The molecule has 7 heteroatoms. The Kier molecular flexibility index (Phi) is 9.45. The summed E-state index contributed by atoms with van der Waals surface area (Å²) < 4.78 is 6.64. The molecule has 0 radical (unpaired) electrons. The Bertz CT molecular complexity index is 1890. The largest absolute Gasteiger partial charge is 0.475 e. The summed E-state index contributed by atoms with van der Waals surface area (Å²) in [4.78, 5) is 34.2. The SMILES string of the molecule is Cc1cccc(C(=O)N(C2CCC2c2cccc(N(C)C3CC4(CC4)C3)n2)[C@@H](COc2cc(-c3c(C)cccc3C)nc(C)n2)CC(C)(C)C)c1.[HH]. The molecule has 3 atom stereocenters. The van der Waals surface area contributed by atoms with Gasteiger partial charge in [-0.15, -0.1) is 0 Å².